The number of likely N-dealkylation sites (N-methyl/N-ethyl adjacent to an activating group) is 1. The average Bonchev–Trinajstić information content (AvgIpc) is 1.87. The highest BCUT2D eigenvalue weighted by Gasteiger charge is 2.09. The molecule has 0 amide bonds. The van der Waals surface area contributed by atoms with E-state index in [1.807, 2.05) is 7.05 Å². The van der Waals surface area contributed by atoms with E-state index in [4.69, 9.17) is 10.6 Å². The summed E-state index contributed by atoms with van der Waals surface area (Å²) in [7, 11) is 3.52. The van der Waals surface area contributed by atoms with Crippen LogP contribution in [0.15, 0.2) is 0 Å². The molecule has 1 atom stereocenters. The second kappa shape index (κ2) is 4.66. The zero-order valence-electron chi connectivity index (χ0n) is 7.29. The van der Waals surface area contributed by atoms with E-state index in [2.05, 4.69) is 13.8 Å². The number of hydrogen-bond donors (Lipinski definition) is 1. The molecule has 0 fully saturated rings. The van der Waals surface area contributed by atoms with Gasteiger partial charge >= 0.3 is 0 Å². The summed E-state index contributed by atoms with van der Waals surface area (Å²) in [4.78, 5) is 4.92. The maximum atomic E-state index is 5.77. The second-order valence-electron chi connectivity index (χ2n) is 2.90. The van der Waals surface area contributed by atoms with Gasteiger partial charge in [0.25, 0.3) is 0 Å². The lowest BCUT2D eigenvalue weighted by Gasteiger charge is -2.21. The molecule has 0 aromatic rings. The quantitative estimate of drug-likeness (QED) is 0.586. The van der Waals surface area contributed by atoms with E-state index in [-0.39, 0.29) is 6.04 Å². The van der Waals surface area contributed by atoms with E-state index < -0.39 is 0 Å². The van der Waals surface area contributed by atoms with Crippen LogP contribution in [-0.2, 0) is 4.84 Å². The molecule has 10 heavy (non-hydrogen) atoms. The Hall–Kier alpha value is -0.120. The Bertz CT molecular complexity index is 85.7. The Kier molecular flexibility index (Phi) is 4.60. The van der Waals surface area contributed by atoms with Crippen molar-refractivity contribution < 1.29 is 4.84 Å². The molecular formula is C7H18N2O. The van der Waals surface area contributed by atoms with Gasteiger partial charge < -0.3 is 10.6 Å². The van der Waals surface area contributed by atoms with Crippen LogP contribution in [0.5, 0.6) is 0 Å². The van der Waals surface area contributed by atoms with Crippen molar-refractivity contribution in [2.24, 2.45) is 11.7 Å². The summed E-state index contributed by atoms with van der Waals surface area (Å²) in [5.41, 5.74) is 5.77. The van der Waals surface area contributed by atoms with E-state index in [0.717, 1.165) is 6.54 Å². The molecule has 0 aliphatic heterocycles. The summed E-state index contributed by atoms with van der Waals surface area (Å²) in [6.45, 7) is 5.00. The van der Waals surface area contributed by atoms with Gasteiger partial charge in [0.2, 0.25) is 0 Å². The van der Waals surface area contributed by atoms with Crippen LogP contribution < -0.4 is 5.73 Å². The highest BCUT2D eigenvalue weighted by molar-refractivity contribution is 4.65. The zero-order chi connectivity index (χ0) is 8.15. The number of rotatable bonds is 4. The topological polar surface area (TPSA) is 38.5 Å². The molecule has 1 unspecified atom stereocenters. The SMILES string of the molecule is CON(C)CC(N)C(C)C. The van der Waals surface area contributed by atoms with Gasteiger partial charge in [0.15, 0.2) is 0 Å². The zero-order valence-corrected chi connectivity index (χ0v) is 7.29. The fraction of sp³-hybridized carbons (Fsp3) is 1.00. The minimum absolute atomic E-state index is 0.199. The molecule has 3 nitrogen and oxygen atoms in total. The van der Waals surface area contributed by atoms with Crippen LogP contribution in [0.2, 0.25) is 0 Å². The smallest absolute Gasteiger partial charge is 0.0575 e. The average molecular weight is 146 g/mol. The number of hydroxylamine groups is 2. The molecule has 2 N–H and O–H groups in total. The predicted molar refractivity (Wildman–Crippen MR) is 42.5 cm³/mol. The third kappa shape index (κ3) is 3.82. The van der Waals surface area contributed by atoms with Gasteiger partial charge in [0, 0.05) is 19.6 Å². The Morgan fingerprint density at radius 2 is 2.00 bits per heavy atom. The fourth-order valence-corrected chi connectivity index (χ4v) is 0.582. The number of nitrogens with zero attached hydrogens (tertiary/aromatic N) is 1. The molecule has 0 radical (unpaired) electrons. The van der Waals surface area contributed by atoms with Crippen LogP contribution in [0.25, 0.3) is 0 Å². The van der Waals surface area contributed by atoms with Crippen LogP contribution in [0.3, 0.4) is 0 Å². The summed E-state index contributed by atoms with van der Waals surface area (Å²) >= 11 is 0. The van der Waals surface area contributed by atoms with Crippen LogP contribution >= 0.6 is 0 Å². The summed E-state index contributed by atoms with van der Waals surface area (Å²) in [6.07, 6.45) is 0. The monoisotopic (exact) mass is 146 g/mol. The molecule has 0 rings (SSSR count). The maximum Gasteiger partial charge on any atom is 0.0575 e. The second-order valence-corrected chi connectivity index (χ2v) is 2.90. The van der Waals surface area contributed by atoms with E-state index in [1.54, 1.807) is 12.2 Å². The molecule has 0 saturated carbocycles. The van der Waals surface area contributed by atoms with Gasteiger partial charge in [-0.2, -0.15) is 5.06 Å². The molecule has 3 heteroatoms. The van der Waals surface area contributed by atoms with Gasteiger partial charge in [0.1, 0.15) is 0 Å². The third-order valence-corrected chi connectivity index (χ3v) is 1.64. The molecule has 0 heterocycles. The maximum absolute atomic E-state index is 5.77. The molecule has 62 valence electrons. The lowest BCUT2D eigenvalue weighted by atomic mass is 10.1. The standard InChI is InChI=1S/C7H18N2O/c1-6(2)7(8)5-9(3)10-4/h6-7H,5,8H2,1-4H3. The highest BCUT2D eigenvalue weighted by atomic mass is 16.7. The predicted octanol–water partition coefficient (Wildman–Crippen LogP) is 0.463. The van der Waals surface area contributed by atoms with Gasteiger partial charge in [-0.3, -0.25) is 0 Å². The Morgan fingerprint density at radius 1 is 1.50 bits per heavy atom. The van der Waals surface area contributed by atoms with Crippen molar-refractivity contribution in [2.45, 2.75) is 19.9 Å². The van der Waals surface area contributed by atoms with Gasteiger partial charge in [-0.15, -0.1) is 0 Å². The van der Waals surface area contributed by atoms with Gasteiger partial charge in [-0.05, 0) is 5.92 Å². The lowest BCUT2D eigenvalue weighted by molar-refractivity contribution is -0.114. The summed E-state index contributed by atoms with van der Waals surface area (Å²) in [6, 6.07) is 0.199. The van der Waals surface area contributed by atoms with E-state index >= 15 is 0 Å². The molecule has 0 aliphatic rings. The minimum Gasteiger partial charge on any atom is -0.326 e. The van der Waals surface area contributed by atoms with Crippen molar-refractivity contribution >= 4 is 0 Å². The van der Waals surface area contributed by atoms with Crippen LogP contribution in [0, 0.1) is 5.92 Å². The van der Waals surface area contributed by atoms with Gasteiger partial charge in [-0.25, -0.2) is 0 Å². The van der Waals surface area contributed by atoms with Crippen LogP contribution in [-0.4, -0.2) is 31.8 Å². The molecule has 0 spiro atoms. The van der Waals surface area contributed by atoms with E-state index in [9.17, 15) is 0 Å². The van der Waals surface area contributed by atoms with Gasteiger partial charge in [-0.1, -0.05) is 13.8 Å². The molecular weight excluding hydrogens is 128 g/mol. The first kappa shape index (κ1) is 9.88. The number of hydrogen-bond acceptors (Lipinski definition) is 3. The lowest BCUT2D eigenvalue weighted by Crippen LogP contribution is -2.38. The third-order valence-electron chi connectivity index (χ3n) is 1.64. The first-order chi connectivity index (χ1) is 4.57. The minimum atomic E-state index is 0.199. The first-order valence-electron chi connectivity index (χ1n) is 3.58. The van der Waals surface area contributed by atoms with Crippen LogP contribution in [0.4, 0.5) is 0 Å². The first-order valence-corrected chi connectivity index (χ1v) is 3.58. The molecule has 0 aromatic carbocycles. The Morgan fingerprint density at radius 3 is 2.30 bits per heavy atom. The molecule has 0 aromatic heterocycles. The Labute approximate surface area is 63.1 Å². The summed E-state index contributed by atoms with van der Waals surface area (Å²) in [5, 5.41) is 1.74. The van der Waals surface area contributed by atoms with Gasteiger partial charge in [0.05, 0.1) is 7.11 Å². The van der Waals surface area contributed by atoms with Crippen molar-refractivity contribution in [1.82, 2.24) is 5.06 Å². The molecule has 0 bridgehead atoms. The fourth-order valence-electron chi connectivity index (χ4n) is 0.582. The highest BCUT2D eigenvalue weighted by Crippen LogP contribution is 1.99. The van der Waals surface area contributed by atoms with Crippen molar-refractivity contribution in [1.29, 1.82) is 0 Å². The summed E-state index contributed by atoms with van der Waals surface area (Å²) < 4.78 is 0. The largest absolute Gasteiger partial charge is 0.326 e. The van der Waals surface area contributed by atoms with E-state index in [0.29, 0.717) is 5.92 Å². The van der Waals surface area contributed by atoms with Crippen molar-refractivity contribution in [3.63, 3.8) is 0 Å². The van der Waals surface area contributed by atoms with Crippen LogP contribution in [0.1, 0.15) is 13.8 Å². The Balaban J connectivity index is 3.46. The normalized spacial score (nSPS) is 14.7. The van der Waals surface area contributed by atoms with E-state index in [1.165, 1.54) is 0 Å². The molecule has 0 aliphatic carbocycles. The van der Waals surface area contributed by atoms with Crippen molar-refractivity contribution in [2.75, 3.05) is 20.7 Å². The number of nitrogens with two attached hydrogens (primary N) is 1. The van der Waals surface area contributed by atoms with Crippen molar-refractivity contribution in [3.8, 4) is 0 Å². The van der Waals surface area contributed by atoms with Crippen molar-refractivity contribution in [3.05, 3.63) is 0 Å². The molecule has 0 saturated heterocycles. The summed E-state index contributed by atoms with van der Waals surface area (Å²) in [5.74, 6) is 0.512.